The van der Waals surface area contributed by atoms with E-state index in [1.807, 2.05) is 17.0 Å². The quantitative estimate of drug-likeness (QED) is 0.401. The standard InChI is InChI=1S/C39H58N4O4/c1-25-7-14-39(46-24-25)26(2)36-33(47-39)22-32-30-6-5-27-21-28(8-12-37(27,3)31(30)9-13-38(32,36)4)41-34(44)23-35(45)43-19-17-42(18-20-43)29-10-15-40-16-11-29/h10-11,15-16,25-28,30-33,36H,5-9,12-14,17-24H2,1-4H3,(H,41,44)/t25-,26-,27+,28+,30+,31?,32-,33-,36-,37-,38-,39+/m0/s1. The van der Waals surface area contributed by atoms with Gasteiger partial charge in [-0.05, 0) is 116 Å². The van der Waals surface area contributed by atoms with Gasteiger partial charge in [0.25, 0.3) is 0 Å². The molecule has 7 fully saturated rings. The molecule has 8 heteroatoms. The van der Waals surface area contributed by atoms with E-state index < -0.39 is 0 Å². The van der Waals surface area contributed by atoms with Crippen LogP contribution in [-0.2, 0) is 19.1 Å². The number of ether oxygens (including phenoxy) is 2. The molecule has 7 aliphatic rings. The van der Waals surface area contributed by atoms with Crippen LogP contribution in [0.1, 0.15) is 98.3 Å². The van der Waals surface area contributed by atoms with Crippen LogP contribution in [0.3, 0.4) is 0 Å². The molecule has 4 aliphatic carbocycles. The molecule has 0 radical (unpaired) electrons. The Morgan fingerprint density at radius 1 is 0.915 bits per heavy atom. The van der Waals surface area contributed by atoms with Crippen molar-refractivity contribution in [2.24, 2.45) is 52.3 Å². The van der Waals surface area contributed by atoms with Crippen molar-refractivity contribution in [3.63, 3.8) is 0 Å². The van der Waals surface area contributed by atoms with E-state index in [4.69, 9.17) is 9.47 Å². The highest BCUT2D eigenvalue weighted by Gasteiger charge is 2.69. The van der Waals surface area contributed by atoms with Crippen molar-refractivity contribution in [3.05, 3.63) is 24.5 Å². The molecule has 3 saturated heterocycles. The van der Waals surface area contributed by atoms with Gasteiger partial charge in [-0.25, -0.2) is 0 Å². The van der Waals surface area contributed by atoms with E-state index in [1.165, 1.54) is 44.9 Å². The highest BCUT2D eigenvalue weighted by Crippen LogP contribution is 2.71. The second kappa shape index (κ2) is 12.0. The molecule has 1 N–H and O–H groups in total. The molecule has 4 saturated carbocycles. The van der Waals surface area contributed by atoms with Gasteiger partial charge in [0.15, 0.2) is 5.79 Å². The maximum absolute atomic E-state index is 13.1. The van der Waals surface area contributed by atoms with Gasteiger partial charge in [0, 0.05) is 62.6 Å². The van der Waals surface area contributed by atoms with Crippen LogP contribution in [0.25, 0.3) is 0 Å². The maximum atomic E-state index is 13.1. The molecule has 0 aromatic carbocycles. The van der Waals surface area contributed by atoms with Crippen molar-refractivity contribution in [2.75, 3.05) is 37.7 Å². The summed E-state index contributed by atoms with van der Waals surface area (Å²) in [4.78, 5) is 34.4. The molecule has 1 aromatic heterocycles. The van der Waals surface area contributed by atoms with Crippen LogP contribution >= 0.6 is 0 Å². The third kappa shape index (κ3) is 5.34. The Kier molecular flexibility index (Phi) is 8.18. The zero-order valence-corrected chi connectivity index (χ0v) is 29.3. The number of nitrogens with one attached hydrogen (secondary N) is 1. The first-order valence-corrected chi connectivity index (χ1v) is 19.1. The van der Waals surface area contributed by atoms with E-state index in [9.17, 15) is 9.59 Å². The monoisotopic (exact) mass is 646 g/mol. The highest BCUT2D eigenvalue weighted by molar-refractivity contribution is 5.97. The van der Waals surface area contributed by atoms with Gasteiger partial charge in [-0.15, -0.1) is 0 Å². The summed E-state index contributed by atoms with van der Waals surface area (Å²) in [6, 6.07) is 4.21. The van der Waals surface area contributed by atoms with E-state index >= 15 is 0 Å². The summed E-state index contributed by atoms with van der Waals surface area (Å²) >= 11 is 0. The van der Waals surface area contributed by atoms with E-state index in [-0.39, 0.29) is 30.1 Å². The van der Waals surface area contributed by atoms with Crippen LogP contribution in [0.15, 0.2) is 24.5 Å². The van der Waals surface area contributed by atoms with Gasteiger partial charge in [-0.2, -0.15) is 0 Å². The molecule has 258 valence electrons. The van der Waals surface area contributed by atoms with Crippen LogP contribution in [0.5, 0.6) is 0 Å². The number of amides is 2. The second-order valence-electron chi connectivity index (χ2n) is 17.5. The smallest absolute Gasteiger partial charge is 0.232 e. The fourth-order valence-electron chi connectivity index (χ4n) is 12.7. The van der Waals surface area contributed by atoms with E-state index in [0.29, 0.717) is 53.7 Å². The number of carbonyl (C=O) groups excluding carboxylic acids is 2. The number of carbonyl (C=O) groups is 2. The Balaban J connectivity index is 0.850. The minimum Gasteiger partial charge on any atom is -0.368 e. The lowest BCUT2D eigenvalue weighted by molar-refractivity contribution is -0.273. The average Bonchev–Trinajstić information content (AvgIpc) is 3.52. The average molecular weight is 647 g/mol. The molecule has 4 heterocycles. The number of rotatable bonds is 4. The molecule has 8 nitrogen and oxygen atoms in total. The Labute approximate surface area is 282 Å². The molecule has 2 amide bonds. The lowest BCUT2D eigenvalue weighted by atomic mass is 9.44. The SMILES string of the molecule is C[C@H]1CC[C@@]2(OC1)O[C@H]1C[C@H]3[C@@H]4CC[C@@H]5C[C@H](NC(=O)CC(=O)N6CCN(c7ccncc7)CC6)CC[C@]5(C)C4CC[C@]3(C)[C@H]1[C@@H]2C. The number of hydrogen-bond donors (Lipinski definition) is 1. The van der Waals surface area contributed by atoms with Gasteiger partial charge < -0.3 is 24.6 Å². The van der Waals surface area contributed by atoms with Crippen LogP contribution in [0, 0.1) is 52.3 Å². The number of nitrogens with zero attached hydrogens (tertiary/aromatic N) is 3. The summed E-state index contributed by atoms with van der Waals surface area (Å²) in [5.41, 5.74) is 1.84. The minimum absolute atomic E-state index is 0.0349. The van der Waals surface area contributed by atoms with Crippen molar-refractivity contribution < 1.29 is 19.1 Å². The molecular formula is C39H58N4O4. The Morgan fingerprint density at radius 3 is 2.43 bits per heavy atom. The fraction of sp³-hybridized carbons (Fsp3) is 0.821. The van der Waals surface area contributed by atoms with Crippen LogP contribution in [0.4, 0.5) is 5.69 Å². The lowest BCUT2D eigenvalue weighted by Gasteiger charge is -2.61. The fourth-order valence-corrected chi connectivity index (χ4v) is 12.7. The van der Waals surface area contributed by atoms with Crippen LogP contribution in [0.2, 0.25) is 0 Å². The lowest BCUT2D eigenvalue weighted by Crippen LogP contribution is -2.56. The molecule has 0 bridgehead atoms. The zero-order chi connectivity index (χ0) is 32.6. The van der Waals surface area contributed by atoms with E-state index in [1.54, 1.807) is 12.4 Å². The van der Waals surface area contributed by atoms with Gasteiger partial charge in [-0.1, -0.05) is 27.7 Å². The highest BCUT2D eigenvalue weighted by atomic mass is 16.7. The van der Waals surface area contributed by atoms with Crippen molar-refractivity contribution in [1.82, 2.24) is 15.2 Å². The molecule has 1 unspecified atom stereocenters. The number of hydrogen-bond acceptors (Lipinski definition) is 6. The van der Waals surface area contributed by atoms with Crippen molar-refractivity contribution in [2.45, 2.75) is 116 Å². The molecule has 12 atom stereocenters. The third-order valence-corrected chi connectivity index (χ3v) is 15.3. The number of piperazine rings is 1. The molecule has 1 spiro atoms. The topological polar surface area (TPSA) is 84.0 Å². The third-order valence-electron chi connectivity index (χ3n) is 15.3. The minimum atomic E-state index is -0.334. The van der Waals surface area contributed by atoms with Crippen molar-refractivity contribution in [3.8, 4) is 0 Å². The largest absolute Gasteiger partial charge is 0.368 e. The molecule has 1 aromatic rings. The van der Waals surface area contributed by atoms with Gasteiger partial charge in [0.2, 0.25) is 11.8 Å². The predicted octanol–water partition coefficient (Wildman–Crippen LogP) is 6.05. The number of anilines is 1. The van der Waals surface area contributed by atoms with Gasteiger partial charge in [0.1, 0.15) is 6.42 Å². The first kappa shape index (κ1) is 32.0. The summed E-state index contributed by atoms with van der Waals surface area (Å²) < 4.78 is 13.5. The molecule has 8 rings (SSSR count). The number of pyridine rings is 1. The Morgan fingerprint density at radius 2 is 1.68 bits per heavy atom. The maximum Gasteiger partial charge on any atom is 0.232 e. The van der Waals surface area contributed by atoms with Crippen LogP contribution in [-0.4, -0.2) is 72.4 Å². The molecular weight excluding hydrogens is 588 g/mol. The Bertz CT molecular complexity index is 1330. The van der Waals surface area contributed by atoms with E-state index in [0.717, 1.165) is 62.4 Å². The summed E-state index contributed by atoms with van der Waals surface area (Å²) in [5, 5.41) is 3.32. The van der Waals surface area contributed by atoms with Crippen molar-refractivity contribution >= 4 is 17.5 Å². The Hall–Kier alpha value is -2.19. The predicted molar refractivity (Wildman–Crippen MR) is 181 cm³/mol. The molecule has 3 aliphatic heterocycles. The summed E-state index contributed by atoms with van der Waals surface area (Å²) in [6.07, 6.45) is 16.0. The normalized spacial score (nSPS) is 45.9. The summed E-state index contributed by atoms with van der Waals surface area (Å²) in [7, 11) is 0. The summed E-state index contributed by atoms with van der Waals surface area (Å²) in [5.74, 6) is 4.24. The first-order chi connectivity index (χ1) is 22.6. The van der Waals surface area contributed by atoms with Gasteiger partial charge in [0.05, 0.1) is 12.7 Å². The number of fused-ring (bicyclic) bond motifs is 7. The van der Waals surface area contributed by atoms with E-state index in [2.05, 4.69) is 42.9 Å². The molecule has 47 heavy (non-hydrogen) atoms. The zero-order valence-electron chi connectivity index (χ0n) is 29.3. The van der Waals surface area contributed by atoms with Gasteiger partial charge >= 0.3 is 0 Å². The second-order valence-corrected chi connectivity index (χ2v) is 17.5. The number of aromatic nitrogens is 1. The van der Waals surface area contributed by atoms with Gasteiger partial charge in [-0.3, -0.25) is 14.6 Å². The summed E-state index contributed by atoms with van der Waals surface area (Å²) in [6.45, 7) is 13.7. The van der Waals surface area contributed by atoms with Crippen molar-refractivity contribution in [1.29, 1.82) is 0 Å². The van der Waals surface area contributed by atoms with Crippen LogP contribution < -0.4 is 10.2 Å². The first-order valence-electron chi connectivity index (χ1n) is 19.1.